The lowest BCUT2D eigenvalue weighted by Gasteiger charge is -2.15. The zero-order valence-electron chi connectivity index (χ0n) is 15.2. The van der Waals surface area contributed by atoms with E-state index >= 15 is 0 Å². The van der Waals surface area contributed by atoms with Crippen molar-refractivity contribution in [3.63, 3.8) is 0 Å². The number of hydrogen-bond donors (Lipinski definition) is 0. The summed E-state index contributed by atoms with van der Waals surface area (Å²) in [7, 11) is -2.35. The van der Waals surface area contributed by atoms with E-state index in [1.165, 1.54) is 21.5 Å². The van der Waals surface area contributed by atoms with Crippen molar-refractivity contribution in [2.24, 2.45) is 0 Å². The van der Waals surface area contributed by atoms with Crippen molar-refractivity contribution in [1.82, 2.24) is 0 Å². The smallest absolute Gasteiger partial charge is 0.0977 e. The van der Waals surface area contributed by atoms with Gasteiger partial charge in [0.15, 0.2) is 0 Å². The van der Waals surface area contributed by atoms with Crippen molar-refractivity contribution >= 4 is 28.0 Å². The maximum Gasteiger partial charge on any atom is 0.0977 e. The topological polar surface area (TPSA) is 0 Å². The van der Waals surface area contributed by atoms with Crippen LogP contribution in [-0.2, 0) is 12.1 Å². The van der Waals surface area contributed by atoms with Gasteiger partial charge < -0.3 is 0 Å². The molecule has 130 valence electrons. The van der Waals surface area contributed by atoms with E-state index in [0.29, 0.717) is 0 Å². The second-order valence-corrected chi connectivity index (χ2v) is 12.2. The zero-order chi connectivity index (χ0) is 18.2. The van der Waals surface area contributed by atoms with Gasteiger partial charge >= 0.3 is 0 Å². The minimum Gasteiger partial charge on any atom is -0.107 e. The molecule has 2 heteroatoms. The van der Waals surface area contributed by atoms with Gasteiger partial charge in [-0.3, -0.25) is 0 Å². The molecule has 2 atom stereocenters. The summed E-state index contributed by atoms with van der Waals surface area (Å²) in [6.45, 7) is 8.23. The van der Waals surface area contributed by atoms with Crippen LogP contribution < -0.4 is 10.4 Å². The van der Waals surface area contributed by atoms with Crippen LogP contribution >= 0.6 is 0 Å². The Kier molecular flexibility index (Phi) is 6.58. The first-order valence-corrected chi connectivity index (χ1v) is 13.3. The number of benzene rings is 3. The molecule has 3 aromatic carbocycles. The van der Waals surface area contributed by atoms with Crippen LogP contribution in [0.15, 0.2) is 109 Å². The molecule has 0 radical (unpaired) electrons. The van der Waals surface area contributed by atoms with Crippen LogP contribution in [0, 0.1) is 0 Å². The molecule has 3 aromatic rings. The molecule has 0 spiro atoms. The highest BCUT2D eigenvalue weighted by molar-refractivity contribution is 6.78. The fourth-order valence-corrected chi connectivity index (χ4v) is 7.68. The Morgan fingerprint density at radius 3 is 1.19 bits per heavy atom. The van der Waals surface area contributed by atoms with Gasteiger partial charge in [-0.05, 0) is 12.1 Å². The molecule has 0 saturated carbocycles. The molecule has 0 aliphatic heterocycles. The maximum atomic E-state index is 4.12. The summed E-state index contributed by atoms with van der Waals surface area (Å²) in [5.74, 6) is 0. The van der Waals surface area contributed by atoms with Gasteiger partial charge in [-0.2, -0.15) is 0 Å². The highest BCUT2D eigenvalue weighted by Gasteiger charge is 2.14. The third-order valence-electron chi connectivity index (χ3n) is 4.96. The first-order chi connectivity index (χ1) is 12.8. The van der Waals surface area contributed by atoms with Crippen molar-refractivity contribution in [1.29, 1.82) is 0 Å². The quantitative estimate of drug-likeness (QED) is 0.532. The second kappa shape index (κ2) is 9.32. The molecular weight excluding hydrogens is 344 g/mol. The van der Waals surface area contributed by atoms with Crippen molar-refractivity contribution < 1.29 is 0 Å². The third-order valence-corrected chi connectivity index (χ3v) is 10.4. The Hall–Kier alpha value is -2.43. The van der Waals surface area contributed by atoms with Crippen LogP contribution in [0.5, 0.6) is 0 Å². The van der Waals surface area contributed by atoms with Crippen LogP contribution in [0.2, 0.25) is 0 Å². The molecule has 0 nitrogen and oxygen atoms in total. The fourth-order valence-electron chi connectivity index (χ4n) is 3.40. The summed E-state index contributed by atoms with van der Waals surface area (Å²) < 4.78 is 0. The third kappa shape index (κ3) is 4.81. The van der Waals surface area contributed by atoms with Gasteiger partial charge in [0.2, 0.25) is 0 Å². The Balaban J connectivity index is 1.73. The Morgan fingerprint density at radius 1 is 0.538 bits per heavy atom. The number of hydrogen-bond acceptors (Lipinski definition) is 0. The normalized spacial score (nSPS) is 12.9. The molecule has 0 aliphatic rings. The minimum atomic E-state index is -1.17. The van der Waals surface area contributed by atoms with Crippen LogP contribution in [0.4, 0.5) is 0 Å². The van der Waals surface area contributed by atoms with E-state index in [9.17, 15) is 0 Å². The summed E-state index contributed by atoms with van der Waals surface area (Å²) >= 11 is 0. The van der Waals surface area contributed by atoms with Gasteiger partial charge in [-0.25, -0.2) is 0 Å². The standard InChI is InChI=1S/C24H26Si2/c1-3-25(19-21-11-7-5-8-12-21)23-15-17-24(18-16-23)26(4-2)20-22-13-9-6-10-14-22/h3-18,25-26H,1-2,19-20H2. The molecule has 0 aliphatic carbocycles. The van der Waals surface area contributed by atoms with Crippen molar-refractivity contribution in [2.45, 2.75) is 12.1 Å². The van der Waals surface area contributed by atoms with E-state index in [4.69, 9.17) is 0 Å². The number of rotatable bonds is 8. The van der Waals surface area contributed by atoms with Crippen molar-refractivity contribution in [2.75, 3.05) is 0 Å². The Bertz CT molecular complexity index is 751. The molecule has 3 rings (SSSR count). The van der Waals surface area contributed by atoms with E-state index in [2.05, 4.69) is 109 Å². The van der Waals surface area contributed by atoms with Gasteiger partial charge in [0.25, 0.3) is 0 Å². The van der Waals surface area contributed by atoms with Crippen LogP contribution in [0.1, 0.15) is 11.1 Å². The predicted molar refractivity (Wildman–Crippen MR) is 121 cm³/mol. The van der Waals surface area contributed by atoms with E-state index in [1.807, 2.05) is 0 Å². The summed E-state index contributed by atoms with van der Waals surface area (Å²) in [4.78, 5) is 0. The summed E-state index contributed by atoms with van der Waals surface area (Å²) in [6, 6.07) is 33.2. The predicted octanol–water partition coefficient (Wildman–Crippen LogP) is 3.57. The van der Waals surface area contributed by atoms with Gasteiger partial charge in [0, 0.05) is 0 Å². The molecule has 0 heterocycles. The molecule has 0 amide bonds. The molecule has 0 fully saturated rings. The van der Waals surface area contributed by atoms with Gasteiger partial charge in [0.05, 0.1) is 17.6 Å². The molecule has 26 heavy (non-hydrogen) atoms. The van der Waals surface area contributed by atoms with Gasteiger partial charge in [0.1, 0.15) is 0 Å². The van der Waals surface area contributed by atoms with Crippen LogP contribution in [0.25, 0.3) is 0 Å². The average Bonchev–Trinajstić information content (AvgIpc) is 2.72. The highest BCUT2D eigenvalue weighted by Crippen LogP contribution is 2.06. The Labute approximate surface area is 160 Å². The van der Waals surface area contributed by atoms with Crippen molar-refractivity contribution in [3.8, 4) is 0 Å². The van der Waals surface area contributed by atoms with Gasteiger partial charge in [-0.1, -0.05) is 118 Å². The lowest BCUT2D eigenvalue weighted by molar-refractivity contribution is 1.37. The van der Waals surface area contributed by atoms with Gasteiger partial charge in [-0.15, -0.1) is 13.2 Å². The van der Waals surface area contributed by atoms with Crippen LogP contribution in [0.3, 0.4) is 0 Å². The van der Waals surface area contributed by atoms with E-state index in [0.717, 1.165) is 12.1 Å². The Morgan fingerprint density at radius 2 is 0.885 bits per heavy atom. The summed E-state index contributed by atoms with van der Waals surface area (Å²) in [6.07, 6.45) is 0. The average molecular weight is 371 g/mol. The fraction of sp³-hybridized carbons (Fsp3) is 0.0833. The monoisotopic (exact) mass is 370 g/mol. The van der Waals surface area contributed by atoms with Crippen molar-refractivity contribution in [3.05, 3.63) is 121 Å². The van der Waals surface area contributed by atoms with Crippen LogP contribution in [-0.4, -0.2) is 17.6 Å². The highest BCUT2D eigenvalue weighted by atomic mass is 28.3. The molecule has 2 unspecified atom stereocenters. The first kappa shape index (κ1) is 18.4. The largest absolute Gasteiger partial charge is 0.107 e. The molecule has 0 N–H and O–H groups in total. The lowest BCUT2D eigenvalue weighted by Crippen LogP contribution is -2.35. The zero-order valence-corrected chi connectivity index (χ0v) is 17.5. The molecule has 0 aromatic heterocycles. The second-order valence-electron chi connectivity index (χ2n) is 6.73. The molecule has 0 bridgehead atoms. The maximum absolute atomic E-state index is 4.12. The minimum absolute atomic E-state index is 1.13. The SMILES string of the molecule is C=C[SiH](Cc1ccccc1)c1ccc([SiH](C=C)Cc2ccccc2)cc1. The van der Waals surface area contributed by atoms with E-state index in [1.54, 1.807) is 0 Å². The lowest BCUT2D eigenvalue weighted by atomic mass is 10.2. The first-order valence-electron chi connectivity index (χ1n) is 9.23. The summed E-state index contributed by atoms with van der Waals surface area (Å²) in [5.41, 5.74) is 7.23. The summed E-state index contributed by atoms with van der Waals surface area (Å²) in [5, 5.41) is 2.95. The molecule has 0 saturated heterocycles. The van der Waals surface area contributed by atoms with E-state index in [-0.39, 0.29) is 0 Å². The van der Waals surface area contributed by atoms with E-state index < -0.39 is 17.6 Å². The molecular formula is C24H26Si2.